The van der Waals surface area contributed by atoms with Crippen molar-refractivity contribution in [1.82, 2.24) is 29.7 Å². The number of aromatic nitrogens is 6. The van der Waals surface area contributed by atoms with Crippen LogP contribution >= 0.6 is 0 Å². The number of benzene rings is 1. The molecule has 3 aromatic heterocycles. The average molecular weight is 292 g/mol. The fourth-order valence-electron chi connectivity index (χ4n) is 2.30. The summed E-state index contributed by atoms with van der Waals surface area (Å²) in [6, 6.07) is 5.90. The van der Waals surface area contributed by atoms with Crippen LogP contribution in [0.2, 0.25) is 0 Å². The largest absolute Gasteiger partial charge is 0.332 e. The van der Waals surface area contributed by atoms with Gasteiger partial charge in [0.25, 0.3) is 5.89 Å². The van der Waals surface area contributed by atoms with Crippen LogP contribution in [0.1, 0.15) is 6.92 Å². The molecule has 0 spiro atoms. The lowest BCUT2D eigenvalue weighted by atomic mass is 10.2. The van der Waals surface area contributed by atoms with Gasteiger partial charge < -0.3 is 9.09 Å². The van der Waals surface area contributed by atoms with Gasteiger partial charge in [-0.2, -0.15) is 4.98 Å². The van der Waals surface area contributed by atoms with Crippen molar-refractivity contribution in [3.8, 4) is 23.0 Å². The highest BCUT2D eigenvalue weighted by Crippen LogP contribution is 2.24. The number of hydrogen-bond acceptors (Lipinski definition) is 6. The van der Waals surface area contributed by atoms with Gasteiger partial charge in [-0.1, -0.05) is 5.16 Å². The van der Waals surface area contributed by atoms with E-state index in [9.17, 15) is 0 Å². The van der Waals surface area contributed by atoms with Crippen LogP contribution in [0.15, 0.2) is 47.6 Å². The second-order valence-corrected chi connectivity index (χ2v) is 4.75. The Kier molecular flexibility index (Phi) is 2.89. The number of rotatable bonds is 3. The number of fused-ring (bicyclic) bond motifs is 1. The Balaban J connectivity index is 1.77. The van der Waals surface area contributed by atoms with Crippen LogP contribution in [0.4, 0.5) is 0 Å². The smallest absolute Gasteiger partial charge is 0.278 e. The maximum atomic E-state index is 5.27. The van der Waals surface area contributed by atoms with Gasteiger partial charge in [0.05, 0.1) is 23.6 Å². The maximum absolute atomic E-state index is 5.27. The molecule has 0 saturated heterocycles. The molecule has 7 heteroatoms. The maximum Gasteiger partial charge on any atom is 0.278 e. The molecule has 0 aliphatic heterocycles. The molecule has 22 heavy (non-hydrogen) atoms. The summed E-state index contributed by atoms with van der Waals surface area (Å²) in [7, 11) is 0. The van der Waals surface area contributed by atoms with Crippen LogP contribution in [0.25, 0.3) is 34.0 Å². The Morgan fingerprint density at radius 1 is 1.18 bits per heavy atom. The molecule has 4 aromatic rings. The zero-order valence-electron chi connectivity index (χ0n) is 11.8. The normalized spacial score (nSPS) is 11.1. The van der Waals surface area contributed by atoms with E-state index in [4.69, 9.17) is 4.52 Å². The zero-order valence-corrected chi connectivity index (χ0v) is 11.8. The zero-order chi connectivity index (χ0) is 14.9. The van der Waals surface area contributed by atoms with E-state index in [1.165, 1.54) is 0 Å². The summed E-state index contributed by atoms with van der Waals surface area (Å²) < 4.78 is 7.34. The molecule has 0 radical (unpaired) electrons. The highest BCUT2D eigenvalue weighted by molar-refractivity contribution is 5.80. The molecular weight excluding hydrogens is 280 g/mol. The second kappa shape index (κ2) is 5.03. The fraction of sp³-hybridized carbons (Fsp3) is 0.133. The summed E-state index contributed by atoms with van der Waals surface area (Å²) in [5.74, 6) is 0.874. The Labute approximate surface area is 125 Å². The van der Waals surface area contributed by atoms with Gasteiger partial charge in [0.15, 0.2) is 0 Å². The Hall–Kier alpha value is -3.09. The van der Waals surface area contributed by atoms with Crippen molar-refractivity contribution in [3.63, 3.8) is 0 Å². The van der Waals surface area contributed by atoms with Gasteiger partial charge in [0.2, 0.25) is 5.82 Å². The first-order chi connectivity index (χ1) is 10.8. The predicted octanol–water partition coefficient (Wildman–Crippen LogP) is 2.56. The molecule has 0 bridgehead atoms. The average Bonchev–Trinajstić information content (AvgIpc) is 3.22. The number of hydrogen-bond donors (Lipinski definition) is 0. The lowest BCUT2D eigenvalue weighted by Crippen LogP contribution is -1.91. The summed E-state index contributed by atoms with van der Waals surface area (Å²) in [5, 5.41) is 4.03. The lowest BCUT2D eigenvalue weighted by molar-refractivity contribution is 0.431. The summed E-state index contributed by atoms with van der Waals surface area (Å²) in [5.41, 5.74) is 3.43. The minimum atomic E-state index is 0.354. The molecule has 0 unspecified atom stereocenters. The molecular formula is C15H12N6O. The first-order valence-corrected chi connectivity index (χ1v) is 6.90. The van der Waals surface area contributed by atoms with Crippen molar-refractivity contribution < 1.29 is 4.52 Å². The van der Waals surface area contributed by atoms with Gasteiger partial charge in [-0.25, -0.2) is 9.97 Å². The third-order valence-corrected chi connectivity index (χ3v) is 3.43. The topological polar surface area (TPSA) is 82.5 Å². The van der Waals surface area contributed by atoms with E-state index < -0.39 is 0 Å². The monoisotopic (exact) mass is 292 g/mol. The minimum absolute atomic E-state index is 0.354. The first-order valence-electron chi connectivity index (χ1n) is 6.90. The second-order valence-electron chi connectivity index (χ2n) is 4.75. The van der Waals surface area contributed by atoms with Gasteiger partial charge >= 0.3 is 0 Å². The quantitative estimate of drug-likeness (QED) is 0.577. The predicted molar refractivity (Wildman–Crippen MR) is 79.7 cm³/mol. The summed E-state index contributed by atoms with van der Waals surface area (Å²) in [6.45, 7) is 2.94. The van der Waals surface area contributed by atoms with Gasteiger partial charge in [0, 0.05) is 24.5 Å². The van der Waals surface area contributed by atoms with E-state index in [1.54, 1.807) is 18.6 Å². The third kappa shape index (κ3) is 2.03. The molecule has 0 amide bonds. The van der Waals surface area contributed by atoms with Crippen molar-refractivity contribution in [2.45, 2.75) is 13.5 Å². The highest BCUT2D eigenvalue weighted by Gasteiger charge is 2.13. The van der Waals surface area contributed by atoms with E-state index in [0.29, 0.717) is 17.4 Å². The number of imidazole rings is 1. The van der Waals surface area contributed by atoms with Crippen LogP contribution in [-0.2, 0) is 6.54 Å². The van der Waals surface area contributed by atoms with Gasteiger partial charge in [0.1, 0.15) is 5.69 Å². The van der Waals surface area contributed by atoms with Crippen LogP contribution in [0.3, 0.4) is 0 Å². The Bertz CT molecular complexity index is 928. The standard InChI is InChI=1S/C15H12N6O/c1-2-21-9-18-11-4-3-10(7-13(11)21)14-19-15(22-20-14)12-8-16-5-6-17-12/h3-9H,2H2,1H3. The summed E-state index contributed by atoms with van der Waals surface area (Å²) in [4.78, 5) is 16.9. The molecule has 4 rings (SSSR count). The lowest BCUT2D eigenvalue weighted by Gasteiger charge is -2.00. The first kappa shape index (κ1) is 12.6. The number of nitrogens with zero attached hydrogens (tertiary/aromatic N) is 6. The molecule has 0 aliphatic rings. The van der Waals surface area contributed by atoms with E-state index in [1.807, 2.05) is 24.5 Å². The van der Waals surface area contributed by atoms with E-state index in [-0.39, 0.29) is 0 Å². The van der Waals surface area contributed by atoms with Crippen LogP contribution in [-0.4, -0.2) is 29.7 Å². The molecule has 0 atom stereocenters. The summed E-state index contributed by atoms with van der Waals surface area (Å²) >= 11 is 0. The van der Waals surface area contributed by atoms with Gasteiger partial charge in [-0.3, -0.25) is 4.98 Å². The van der Waals surface area contributed by atoms with Crippen molar-refractivity contribution in [2.24, 2.45) is 0 Å². The molecule has 0 saturated carbocycles. The molecule has 1 aromatic carbocycles. The van der Waals surface area contributed by atoms with Crippen molar-refractivity contribution in [2.75, 3.05) is 0 Å². The minimum Gasteiger partial charge on any atom is -0.332 e. The fourth-order valence-corrected chi connectivity index (χ4v) is 2.30. The van der Waals surface area contributed by atoms with Crippen LogP contribution in [0.5, 0.6) is 0 Å². The SMILES string of the molecule is CCn1cnc2ccc(-c3noc(-c4cnccn4)n3)cc21. The number of aryl methyl sites for hydroxylation is 1. The third-order valence-electron chi connectivity index (χ3n) is 3.43. The summed E-state index contributed by atoms with van der Waals surface area (Å²) in [6.07, 6.45) is 6.61. The van der Waals surface area contributed by atoms with Crippen LogP contribution in [0, 0.1) is 0 Å². The van der Waals surface area contributed by atoms with Gasteiger partial charge in [-0.05, 0) is 25.1 Å². The van der Waals surface area contributed by atoms with Crippen LogP contribution < -0.4 is 0 Å². The molecule has 7 nitrogen and oxygen atoms in total. The van der Waals surface area contributed by atoms with E-state index in [2.05, 4.69) is 36.6 Å². The van der Waals surface area contributed by atoms with Gasteiger partial charge in [-0.15, -0.1) is 0 Å². The highest BCUT2D eigenvalue weighted by atomic mass is 16.5. The Morgan fingerprint density at radius 2 is 2.14 bits per heavy atom. The van der Waals surface area contributed by atoms with Crippen molar-refractivity contribution in [3.05, 3.63) is 43.1 Å². The van der Waals surface area contributed by atoms with E-state index in [0.717, 1.165) is 23.1 Å². The van der Waals surface area contributed by atoms with E-state index >= 15 is 0 Å². The molecule has 3 heterocycles. The molecule has 0 fully saturated rings. The molecule has 108 valence electrons. The van der Waals surface area contributed by atoms with Crippen molar-refractivity contribution in [1.29, 1.82) is 0 Å². The Morgan fingerprint density at radius 3 is 2.95 bits per heavy atom. The van der Waals surface area contributed by atoms with Crippen molar-refractivity contribution >= 4 is 11.0 Å². The molecule has 0 aliphatic carbocycles. The molecule has 0 N–H and O–H groups in total.